The molecule has 1 rings (SSSR count). The molecular weight excluding hydrogens is 240 g/mol. The molecule has 1 aromatic rings. The number of rotatable bonds is 7. The third kappa shape index (κ3) is 4.91. The lowest BCUT2D eigenvalue weighted by Crippen LogP contribution is -2.37. The number of ether oxygens (including phenoxy) is 1. The maximum absolute atomic E-state index is 11.7. The number of hydrogen-bond acceptors (Lipinski definition) is 3. The van der Waals surface area contributed by atoms with Crippen molar-refractivity contribution in [2.45, 2.75) is 46.2 Å². The van der Waals surface area contributed by atoms with Crippen molar-refractivity contribution in [3.63, 3.8) is 0 Å². The summed E-state index contributed by atoms with van der Waals surface area (Å²) in [5.41, 5.74) is 7.60. The lowest BCUT2D eigenvalue weighted by atomic mass is 10.1. The third-order valence-electron chi connectivity index (χ3n) is 3.20. The molecule has 0 radical (unpaired) electrons. The van der Waals surface area contributed by atoms with Crippen LogP contribution in [-0.2, 0) is 11.3 Å². The van der Waals surface area contributed by atoms with E-state index < -0.39 is 0 Å². The summed E-state index contributed by atoms with van der Waals surface area (Å²) in [6, 6.07) is 6.04. The van der Waals surface area contributed by atoms with Gasteiger partial charge in [-0.05, 0) is 37.0 Å². The van der Waals surface area contributed by atoms with E-state index in [0.29, 0.717) is 6.54 Å². The SMILES string of the molecule is CCC(CC)NC(=O)COc1cc(CN)ccc1C. The molecule has 19 heavy (non-hydrogen) atoms. The maximum Gasteiger partial charge on any atom is 0.258 e. The minimum absolute atomic E-state index is 0.0470. The van der Waals surface area contributed by atoms with Gasteiger partial charge in [0.15, 0.2) is 6.61 Å². The fourth-order valence-electron chi connectivity index (χ4n) is 1.83. The van der Waals surface area contributed by atoms with Crippen LogP contribution < -0.4 is 15.8 Å². The van der Waals surface area contributed by atoms with E-state index in [1.54, 1.807) is 0 Å². The van der Waals surface area contributed by atoms with Crippen LogP contribution >= 0.6 is 0 Å². The first-order chi connectivity index (χ1) is 9.10. The Kier molecular flexibility index (Phi) is 6.36. The van der Waals surface area contributed by atoms with E-state index in [-0.39, 0.29) is 18.6 Å². The van der Waals surface area contributed by atoms with Gasteiger partial charge >= 0.3 is 0 Å². The maximum atomic E-state index is 11.7. The monoisotopic (exact) mass is 264 g/mol. The summed E-state index contributed by atoms with van der Waals surface area (Å²) in [6.07, 6.45) is 1.87. The highest BCUT2D eigenvalue weighted by Crippen LogP contribution is 2.19. The zero-order valence-corrected chi connectivity index (χ0v) is 12.0. The molecule has 0 aliphatic rings. The topological polar surface area (TPSA) is 64.3 Å². The highest BCUT2D eigenvalue weighted by Gasteiger charge is 2.09. The summed E-state index contributed by atoms with van der Waals surface area (Å²) in [7, 11) is 0. The molecule has 0 saturated carbocycles. The molecule has 4 heteroatoms. The van der Waals surface area contributed by atoms with E-state index in [1.165, 1.54) is 0 Å². The number of aryl methyl sites for hydroxylation is 1. The molecule has 1 amide bonds. The van der Waals surface area contributed by atoms with Gasteiger partial charge in [-0.1, -0.05) is 26.0 Å². The molecule has 3 N–H and O–H groups in total. The second-order valence-electron chi connectivity index (χ2n) is 4.67. The van der Waals surface area contributed by atoms with Gasteiger partial charge in [-0.25, -0.2) is 0 Å². The van der Waals surface area contributed by atoms with Crippen LogP contribution in [0.15, 0.2) is 18.2 Å². The van der Waals surface area contributed by atoms with E-state index in [2.05, 4.69) is 19.2 Å². The average molecular weight is 264 g/mol. The Morgan fingerprint density at radius 2 is 2.05 bits per heavy atom. The van der Waals surface area contributed by atoms with Crippen molar-refractivity contribution in [3.8, 4) is 5.75 Å². The molecule has 106 valence electrons. The van der Waals surface area contributed by atoms with Gasteiger partial charge in [0.05, 0.1) is 0 Å². The van der Waals surface area contributed by atoms with Crippen LogP contribution in [-0.4, -0.2) is 18.6 Å². The number of carbonyl (C=O) groups is 1. The second-order valence-corrected chi connectivity index (χ2v) is 4.67. The second kappa shape index (κ2) is 7.79. The summed E-state index contributed by atoms with van der Waals surface area (Å²) >= 11 is 0. The van der Waals surface area contributed by atoms with Gasteiger partial charge in [-0.15, -0.1) is 0 Å². The van der Waals surface area contributed by atoms with Gasteiger partial charge in [0.1, 0.15) is 5.75 Å². The predicted molar refractivity (Wildman–Crippen MR) is 77.1 cm³/mol. The van der Waals surface area contributed by atoms with E-state index in [1.807, 2.05) is 25.1 Å². The Balaban J connectivity index is 2.54. The smallest absolute Gasteiger partial charge is 0.258 e. The summed E-state index contributed by atoms with van der Waals surface area (Å²) in [4.78, 5) is 11.7. The molecule has 0 atom stereocenters. The van der Waals surface area contributed by atoms with Crippen molar-refractivity contribution in [2.24, 2.45) is 5.73 Å². The molecular formula is C15H24N2O2. The average Bonchev–Trinajstić information content (AvgIpc) is 2.43. The van der Waals surface area contributed by atoms with E-state index in [9.17, 15) is 4.79 Å². The summed E-state index contributed by atoms with van der Waals surface area (Å²) in [5, 5.41) is 2.95. The highest BCUT2D eigenvalue weighted by atomic mass is 16.5. The fourth-order valence-corrected chi connectivity index (χ4v) is 1.83. The molecule has 4 nitrogen and oxygen atoms in total. The fraction of sp³-hybridized carbons (Fsp3) is 0.533. The minimum Gasteiger partial charge on any atom is -0.483 e. The number of nitrogens with one attached hydrogen (secondary N) is 1. The minimum atomic E-state index is -0.0775. The zero-order valence-electron chi connectivity index (χ0n) is 12.0. The Bertz CT molecular complexity index is 415. The number of carbonyl (C=O) groups excluding carboxylic acids is 1. The normalized spacial score (nSPS) is 10.6. The van der Waals surface area contributed by atoms with Crippen LogP contribution in [0.4, 0.5) is 0 Å². The Morgan fingerprint density at radius 1 is 1.37 bits per heavy atom. The zero-order chi connectivity index (χ0) is 14.3. The van der Waals surface area contributed by atoms with Crippen LogP contribution in [0.2, 0.25) is 0 Å². The van der Waals surface area contributed by atoms with Crippen LogP contribution in [0, 0.1) is 6.92 Å². The molecule has 0 heterocycles. The van der Waals surface area contributed by atoms with Crippen molar-refractivity contribution in [1.29, 1.82) is 0 Å². The lowest BCUT2D eigenvalue weighted by Gasteiger charge is -2.15. The molecule has 0 fully saturated rings. The predicted octanol–water partition coefficient (Wildman–Crippen LogP) is 2.14. The standard InChI is InChI=1S/C15H24N2O2/c1-4-13(5-2)17-15(18)10-19-14-8-12(9-16)7-6-11(14)3/h6-8,13H,4-5,9-10,16H2,1-3H3,(H,17,18). The van der Waals surface area contributed by atoms with Crippen LogP contribution in [0.25, 0.3) is 0 Å². The molecule has 0 bridgehead atoms. The molecule has 0 aromatic heterocycles. The van der Waals surface area contributed by atoms with Gasteiger partial charge in [0.25, 0.3) is 5.91 Å². The van der Waals surface area contributed by atoms with Gasteiger partial charge < -0.3 is 15.8 Å². The Labute approximate surface area is 115 Å². The number of amides is 1. The highest BCUT2D eigenvalue weighted by molar-refractivity contribution is 5.77. The van der Waals surface area contributed by atoms with Crippen LogP contribution in [0.3, 0.4) is 0 Å². The van der Waals surface area contributed by atoms with Gasteiger partial charge in [-0.2, -0.15) is 0 Å². The van der Waals surface area contributed by atoms with E-state index in [4.69, 9.17) is 10.5 Å². The first kappa shape index (κ1) is 15.5. The van der Waals surface area contributed by atoms with Gasteiger partial charge in [0.2, 0.25) is 0 Å². The molecule has 0 aliphatic heterocycles. The summed E-state index contributed by atoms with van der Waals surface area (Å²) < 4.78 is 5.56. The van der Waals surface area contributed by atoms with E-state index in [0.717, 1.165) is 29.7 Å². The molecule has 1 aromatic carbocycles. The van der Waals surface area contributed by atoms with Crippen molar-refractivity contribution in [3.05, 3.63) is 29.3 Å². The quantitative estimate of drug-likeness (QED) is 0.793. The number of nitrogens with two attached hydrogens (primary N) is 1. The number of hydrogen-bond donors (Lipinski definition) is 2. The van der Waals surface area contributed by atoms with Crippen molar-refractivity contribution in [1.82, 2.24) is 5.32 Å². The Morgan fingerprint density at radius 3 is 2.63 bits per heavy atom. The first-order valence-electron chi connectivity index (χ1n) is 6.82. The third-order valence-corrected chi connectivity index (χ3v) is 3.20. The van der Waals surface area contributed by atoms with Crippen LogP contribution in [0.1, 0.15) is 37.8 Å². The largest absolute Gasteiger partial charge is 0.483 e. The molecule has 0 saturated heterocycles. The van der Waals surface area contributed by atoms with E-state index >= 15 is 0 Å². The van der Waals surface area contributed by atoms with Crippen molar-refractivity contribution >= 4 is 5.91 Å². The Hall–Kier alpha value is -1.55. The molecule has 0 spiro atoms. The summed E-state index contributed by atoms with van der Waals surface area (Å²) in [6.45, 7) is 6.59. The summed E-state index contributed by atoms with van der Waals surface area (Å²) in [5.74, 6) is 0.647. The first-order valence-corrected chi connectivity index (χ1v) is 6.82. The van der Waals surface area contributed by atoms with Crippen molar-refractivity contribution in [2.75, 3.05) is 6.61 Å². The van der Waals surface area contributed by atoms with Crippen LogP contribution in [0.5, 0.6) is 5.75 Å². The molecule has 0 unspecified atom stereocenters. The molecule has 0 aliphatic carbocycles. The van der Waals surface area contributed by atoms with Gasteiger partial charge in [0, 0.05) is 12.6 Å². The van der Waals surface area contributed by atoms with Crippen molar-refractivity contribution < 1.29 is 9.53 Å². The van der Waals surface area contributed by atoms with Gasteiger partial charge in [-0.3, -0.25) is 4.79 Å². The lowest BCUT2D eigenvalue weighted by molar-refractivity contribution is -0.123. The number of benzene rings is 1.